The summed E-state index contributed by atoms with van der Waals surface area (Å²) in [6.07, 6.45) is 6.26. The smallest absolute Gasteiger partial charge is 0.273 e. The summed E-state index contributed by atoms with van der Waals surface area (Å²) >= 11 is 0. The summed E-state index contributed by atoms with van der Waals surface area (Å²) < 4.78 is 0. The van der Waals surface area contributed by atoms with Crippen LogP contribution in [-0.4, -0.2) is 35.0 Å². The van der Waals surface area contributed by atoms with Crippen LogP contribution in [0, 0.1) is 10.1 Å². The summed E-state index contributed by atoms with van der Waals surface area (Å²) in [6, 6.07) is 8.36. The zero-order valence-corrected chi connectivity index (χ0v) is 12.3. The van der Waals surface area contributed by atoms with Crippen molar-refractivity contribution in [3.8, 4) is 0 Å². The van der Waals surface area contributed by atoms with Crippen LogP contribution in [0.4, 0.5) is 5.69 Å². The van der Waals surface area contributed by atoms with Gasteiger partial charge in [-0.25, -0.2) is 0 Å². The molecule has 5 heteroatoms. The molecule has 114 valence electrons. The van der Waals surface area contributed by atoms with E-state index < -0.39 is 0 Å². The van der Waals surface area contributed by atoms with Gasteiger partial charge in [-0.3, -0.25) is 15.0 Å². The van der Waals surface area contributed by atoms with E-state index in [-0.39, 0.29) is 10.6 Å². The standard InChI is InChI=1S/C16H23N3O2/c20-19(21)16-7-2-1-5-13(16)12-18-10-4-3-6-15(18)11-17-14-8-9-14/h1-2,5,7,14-15,17H,3-4,6,8-12H2. The molecule has 0 spiro atoms. The van der Waals surface area contributed by atoms with Gasteiger partial charge in [-0.1, -0.05) is 24.6 Å². The Hall–Kier alpha value is -1.46. The predicted octanol–water partition coefficient (Wildman–Crippen LogP) is 2.70. The van der Waals surface area contributed by atoms with Crippen LogP contribution < -0.4 is 5.32 Å². The molecule has 1 heterocycles. The molecule has 1 saturated heterocycles. The van der Waals surface area contributed by atoms with Crippen molar-refractivity contribution in [3.05, 3.63) is 39.9 Å². The zero-order valence-electron chi connectivity index (χ0n) is 12.3. The highest BCUT2D eigenvalue weighted by Gasteiger charge is 2.27. The molecular formula is C16H23N3O2. The maximum absolute atomic E-state index is 11.1. The van der Waals surface area contributed by atoms with Gasteiger partial charge in [0.25, 0.3) is 5.69 Å². The minimum Gasteiger partial charge on any atom is -0.312 e. The first-order chi connectivity index (χ1) is 10.2. The Labute approximate surface area is 125 Å². The maximum Gasteiger partial charge on any atom is 0.273 e. The first-order valence-corrected chi connectivity index (χ1v) is 7.94. The van der Waals surface area contributed by atoms with E-state index in [1.165, 1.54) is 32.1 Å². The maximum atomic E-state index is 11.1. The Balaban J connectivity index is 1.67. The van der Waals surface area contributed by atoms with Crippen LogP contribution in [0.1, 0.15) is 37.7 Å². The van der Waals surface area contributed by atoms with Gasteiger partial charge < -0.3 is 5.32 Å². The predicted molar refractivity (Wildman–Crippen MR) is 82.2 cm³/mol. The van der Waals surface area contributed by atoms with Gasteiger partial charge in [0, 0.05) is 36.8 Å². The van der Waals surface area contributed by atoms with Gasteiger partial charge in [-0.2, -0.15) is 0 Å². The molecule has 1 aromatic carbocycles. The highest BCUT2D eigenvalue weighted by atomic mass is 16.6. The van der Waals surface area contributed by atoms with E-state index in [9.17, 15) is 10.1 Å². The van der Waals surface area contributed by atoms with Crippen molar-refractivity contribution in [3.63, 3.8) is 0 Å². The number of nitrogens with one attached hydrogen (secondary N) is 1. The number of nitro benzene ring substituents is 1. The minimum atomic E-state index is -0.267. The average molecular weight is 289 g/mol. The van der Waals surface area contributed by atoms with E-state index in [0.29, 0.717) is 12.6 Å². The lowest BCUT2D eigenvalue weighted by atomic mass is 10.0. The van der Waals surface area contributed by atoms with Gasteiger partial charge in [0.1, 0.15) is 0 Å². The monoisotopic (exact) mass is 289 g/mol. The fourth-order valence-electron chi connectivity index (χ4n) is 3.13. The quantitative estimate of drug-likeness (QED) is 0.646. The number of nitro groups is 1. The molecule has 1 aliphatic heterocycles. The molecule has 0 radical (unpaired) electrons. The van der Waals surface area contributed by atoms with Crippen LogP contribution in [0.2, 0.25) is 0 Å². The largest absolute Gasteiger partial charge is 0.312 e. The fraction of sp³-hybridized carbons (Fsp3) is 0.625. The van der Waals surface area contributed by atoms with Gasteiger partial charge in [0.2, 0.25) is 0 Å². The summed E-state index contributed by atoms with van der Waals surface area (Å²) in [4.78, 5) is 13.3. The van der Waals surface area contributed by atoms with Gasteiger partial charge in [0.15, 0.2) is 0 Å². The first-order valence-electron chi connectivity index (χ1n) is 7.94. The van der Waals surface area contributed by atoms with Crippen molar-refractivity contribution in [1.29, 1.82) is 0 Å². The number of rotatable bonds is 6. The summed E-state index contributed by atoms with van der Waals surface area (Å²) in [5.41, 5.74) is 1.08. The molecule has 1 aliphatic carbocycles. The highest BCUT2D eigenvalue weighted by molar-refractivity contribution is 5.39. The summed E-state index contributed by atoms with van der Waals surface area (Å²) in [5.74, 6) is 0. The van der Waals surface area contributed by atoms with Crippen LogP contribution >= 0.6 is 0 Å². The summed E-state index contributed by atoms with van der Waals surface area (Å²) in [6.45, 7) is 2.75. The lowest BCUT2D eigenvalue weighted by Crippen LogP contribution is -2.45. The Morgan fingerprint density at radius 2 is 2.05 bits per heavy atom. The number of para-hydroxylation sites is 1. The zero-order chi connectivity index (χ0) is 14.7. The molecule has 21 heavy (non-hydrogen) atoms. The van der Waals surface area contributed by atoms with Crippen LogP contribution in [0.5, 0.6) is 0 Å². The molecule has 1 saturated carbocycles. The fourth-order valence-corrected chi connectivity index (χ4v) is 3.13. The summed E-state index contributed by atoms with van der Waals surface area (Å²) in [7, 11) is 0. The lowest BCUT2D eigenvalue weighted by Gasteiger charge is -2.36. The Morgan fingerprint density at radius 1 is 1.24 bits per heavy atom. The molecule has 1 unspecified atom stereocenters. The molecule has 1 N–H and O–H groups in total. The third-order valence-corrected chi connectivity index (χ3v) is 4.53. The Kier molecular flexibility index (Phi) is 4.51. The summed E-state index contributed by atoms with van der Waals surface area (Å²) in [5, 5.41) is 14.7. The van der Waals surface area contributed by atoms with E-state index in [4.69, 9.17) is 0 Å². The molecule has 1 aromatic rings. The van der Waals surface area contributed by atoms with E-state index in [1.807, 2.05) is 12.1 Å². The number of nitrogens with zero attached hydrogens (tertiary/aromatic N) is 2. The van der Waals surface area contributed by atoms with Gasteiger partial charge >= 0.3 is 0 Å². The number of hydrogen-bond acceptors (Lipinski definition) is 4. The van der Waals surface area contributed by atoms with Crippen molar-refractivity contribution in [1.82, 2.24) is 10.2 Å². The molecule has 2 aliphatic rings. The van der Waals surface area contributed by atoms with Gasteiger partial charge in [0.05, 0.1) is 4.92 Å². The molecule has 0 amide bonds. The van der Waals surface area contributed by atoms with Gasteiger partial charge in [-0.15, -0.1) is 0 Å². The van der Waals surface area contributed by atoms with Crippen molar-refractivity contribution in [2.24, 2.45) is 0 Å². The topological polar surface area (TPSA) is 58.4 Å². The second kappa shape index (κ2) is 6.54. The third kappa shape index (κ3) is 3.80. The van der Waals surface area contributed by atoms with Crippen LogP contribution in [0.15, 0.2) is 24.3 Å². The number of piperidine rings is 1. The van der Waals surface area contributed by atoms with Crippen molar-refractivity contribution < 1.29 is 4.92 Å². The van der Waals surface area contributed by atoms with E-state index in [0.717, 1.165) is 24.7 Å². The SMILES string of the molecule is O=[N+]([O-])c1ccccc1CN1CCCCC1CNC1CC1. The normalized spacial score (nSPS) is 23.1. The van der Waals surface area contributed by atoms with Crippen molar-refractivity contribution in [2.75, 3.05) is 13.1 Å². The van der Waals surface area contributed by atoms with E-state index in [1.54, 1.807) is 12.1 Å². The Morgan fingerprint density at radius 3 is 2.81 bits per heavy atom. The van der Waals surface area contributed by atoms with Crippen LogP contribution in [-0.2, 0) is 6.54 Å². The van der Waals surface area contributed by atoms with Crippen LogP contribution in [0.3, 0.4) is 0 Å². The molecule has 2 fully saturated rings. The molecule has 0 aromatic heterocycles. The second-order valence-electron chi connectivity index (χ2n) is 6.19. The third-order valence-electron chi connectivity index (χ3n) is 4.53. The van der Waals surface area contributed by atoms with Crippen molar-refractivity contribution in [2.45, 2.75) is 50.7 Å². The molecule has 0 bridgehead atoms. The lowest BCUT2D eigenvalue weighted by molar-refractivity contribution is -0.385. The van der Waals surface area contributed by atoms with E-state index >= 15 is 0 Å². The second-order valence-corrected chi connectivity index (χ2v) is 6.19. The average Bonchev–Trinajstić information content (AvgIpc) is 3.31. The number of hydrogen-bond donors (Lipinski definition) is 1. The molecule has 3 rings (SSSR count). The first kappa shape index (κ1) is 14.5. The minimum absolute atomic E-state index is 0.247. The molecule has 5 nitrogen and oxygen atoms in total. The van der Waals surface area contributed by atoms with Gasteiger partial charge in [-0.05, 0) is 32.2 Å². The molecular weight excluding hydrogens is 266 g/mol. The number of likely N-dealkylation sites (tertiary alicyclic amines) is 1. The van der Waals surface area contributed by atoms with Crippen molar-refractivity contribution >= 4 is 5.69 Å². The molecule has 1 atom stereocenters. The van der Waals surface area contributed by atoms with E-state index in [2.05, 4.69) is 10.2 Å². The number of benzene rings is 1. The highest BCUT2D eigenvalue weighted by Crippen LogP contribution is 2.25. The Bertz CT molecular complexity index is 502. The van der Waals surface area contributed by atoms with Crippen LogP contribution in [0.25, 0.3) is 0 Å².